The van der Waals surface area contributed by atoms with Gasteiger partial charge in [0.05, 0.1) is 19.3 Å². The van der Waals surface area contributed by atoms with E-state index >= 15 is 0 Å². The van der Waals surface area contributed by atoms with Gasteiger partial charge in [-0.25, -0.2) is 4.98 Å². The molecule has 154 valence electrons. The quantitative estimate of drug-likeness (QED) is 0.384. The Labute approximate surface area is 180 Å². The summed E-state index contributed by atoms with van der Waals surface area (Å²) in [5.74, 6) is 1.81. The lowest BCUT2D eigenvalue weighted by atomic mass is 10.2. The van der Waals surface area contributed by atoms with E-state index in [1.54, 1.807) is 14.2 Å². The molecule has 3 rings (SSSR count). The van der Waals surface area contributed by atoms with Crippen molar-refractivity contribution >= 4 is 35.6 Å². The SMILES string of the molecule is CN=C(NCc1nccn1C(F)F)N1CCN(c2ccccc2OC)CC1.I. The Bertz CT molecular complexity index is 777. The molecule has 1 aromatic carbocycles. The van der Waals surface area contributed by atoms with E-state index in [2.05, 4.69) is 25.1 Å². The fraction of sp³-hybridized carbons (Fsp3) is 0.444. The second kappa shape index (κ2) is 10.4. The fourth-order valence-corrected chi connectivity index (χ4v) is 3.20. The molecule has 0 spiro atoms. The lowest BCUT2D eigenvalue weighted by molar-refractivity contribution is 0.0668. The molecule has 0 atom stereocenters. The topological polar surface area (TPSA) is 57.9 Å². The number of aromatic nitrogens is 2. The normalized spacial score (nSPS) is 14.8. The Morgan fingerprint density at radius 1 is 1.25 bits per heavy atom. The third kappa shape index (κ3) is 5.03. The van der Waals surface area contributed by atoms with Gasteiger partial charge in [-0.05, 0) is 12.1 Å². The van der Waals surface area contributed by atoms with E-state index in [0.29, 0.717) is 5.96 Å². The Morgan fingerprint density at radius 3 is 2.61 bits per heavy atom. The Kier molecular flexibility index (Phi) is 8.27. The van der Waals surface area contributed by atoms with Gasteiger partial charge in [0.25, 0.3) is 0 Å². The van der Waals surface area contributed by atoms with Crippen LogP contribution in [0.3, 0.4) is 0 Å². The average molecular weight is 506 g/mol. The number of hydrogen-bond acceptors (Lipinski definition) is 4. The highest BCUT2D eigenvalue weighted by atomic mass is 127. The number of para-hydroxylation sites is 2. The number of halogens is 3. The monoisotopic (exact) mass is 506 g/mol. The minimum Gasteiger partial charge on any atom is -0.495 e. The zero-order chi connectivity index (χ0) is 19.2. The number of aliphatic imine (C=N–C) groups is 1. The Morgan fingerprint density at radius 2 is 1.96 bits per heavy atom. The first kappa shape index (κ1) is 22.2. The van der Waals surface area contributed by atoms with Crippen molar-refractivity contribution in [2.24, 2.45) is 4.99 Å². The number of piperazine rings is 1. The smallest absolute Gasteiger partial charge is 0.319 e. The highest BCUT2D eigenvalue weighted by molar-refractivity contribution is 14.0. The number of alkyl halides is 2. The van der Waals surface area contributed by atoms with Gasteiger partial charge in [-0.15, -0.1) is 24.0 Å². The number of imidazole rings is 1. The highest BCUT2D eigenvalue weighted by Gasteiger charge is 2.22. The molecule has 0 radical (unpaired) electrons. The van der Waals surface area contributed by atoms with Crippen LogP contribution in [0, 0.1) is 0 Å². The Balaban J connectivity index is 0.00000280. The molecular formula is C18H25F2IN6O. The maximum atomic E-state index is 12.9. The maximum absolute atomic E-state index is 12.9. The van der Waals surface area contributed by atoms with Gasteiger partial charge in [0.2, 0.25) is 0 Å². The number of anilines is 1. The van der Waals surface area contributed by atoms with Gasteiger partial charge in [-0.1, -0.05) is 12.1 Å². The van der Waals surface area contributed by atoms with Crippen molar-refractivity contribution in [3.63, 3.8) is 0 Å². The van der Waals surface area contributed by atoms with Crippen LogP contribution in [0.2, 0.25) is 0 Å². The van der Waals surface area contributed by atoms with Crippen molar-refractivity contribution in [1.82, 2.24) is 19.8 Å². The summed E-state index contributed by atoms with van der Waals surface area (Å²) in [6.45, 7) is 0.744. The number of ether oxygens (including phenoxy) is 1. The first-order valence-electron chi connectivity index (χ1n) is 8.77. The summed E-state index contributed by atoms with van der Waals surface area (Å²) < 4.78 is 32.1. The number of hydrogen-bond donors (Lipinski definition) is 1. The van der Waals surface area contributed by atoms with E-state index in [1.807, 2.05) is 24.3 Å². The molecule has 0 aliphatic carbocycles. The minimum absolute atomic E-state index is 0. The summed E-state index contributed by atoms with van der Waals surface area (Å²) in [5, 5.41) is 3.13. The predicted octanol–water partition coefficient (Wildman–Crippen LogP) is 2.80. The fourth-order valence-electron chi connectivity index (χ4n) is 3.20. The van der Waals surface area contributed by atoms with Crippen LogP contribution in [-0.2, 0) is 6.54 Å². The zero-order valence-electron chi connectivity index (χ0n) is 15.9. The van der Waals surface area contributed by atoms with E-state index in [0.717, 1.165) is 42.2 Å². The molecule has 1 fully saturated rings. The summed E-state index contributed by atoms with van der Waals surface area (Å²) >= 11 is 0. The van der Waals surface area contributed by atoms with Crippen molar-refractivity contribution in [3.05, 3.63) is 42.5 Å². The molecule has 10 heteroatoms. The van der Waals surface area contributed by atoms with Crippen LogP contribution in [0.5, 0.6) is 5.75 Å². The molecule has 1 N–H and O–H groups in total. The van der Waals surface area contributed by atoms with Crippen molar-refractivity contribution in [1.29, 1.82) is 0 Å². The first-order chi connectivity index (χ1) is 13.1. The summed E-state index contributed by atoms with van der Waals surface area (Å²) in [7, 11) is 3.36. The Hall–Kier alpha value is -2.11. The molecule has 0 unspecified atom stereocenters. The first-order valence-corrected chi connectivity index (χ1v) is 8.77. The van der Waals surface area contributed by atoms with Gasteiger partial charge in [0.15, 0.2) is 5.96 Å². The molecule has 1 aliphatic heterocycles. The molecule has 1 aliphatic rings. The molecule has 7 nitrogen and oxygen atoms in total. The molecule has 0 amide bonds. The lowest BCUT2D eigenvalue weighted by Crippen LogP contribution is -2.52. The summed E-state index contributed by atoms with van der Waals surface area (Å²) in [4.78, 5) is 12.6. The number of rotatable bonds is 5. The van der Waals surface area contributed by atoms with Gasteiger partial charge in [0, 0.05) is 45.6 Å². The zero-order valence-corrected chi connectivity index (χ0v) is 18.2. The maximum Gasteiger partial charge on any atom is 0.319 e. The van der Waals surface area contributed by atoms with Gasteiger partial charge in [0.1, 0.15) is 11.6 Å². The lowest BCUT2D eigenvalue weighted by Gasteiger charge is -2.38. The van der Waals surface area contributed by atoms with Crippen LogP contribution in [0.1, 0.15) is 12.4 Å². The number of methoxy groups -OCH3 is 1. The van der Waals surface area contributed by atoms with Gasteiger partial charge in [-0.3, -0.25) is 9.56 Å². The molecule has 0 bridgehead atoms. The molecule has 28 heavy (non-hydrogen) atoms. The largest absolute Gasteiger partial charge is 0.495 e. The van der Waals surface area contributed by atoms with Crippen molar-refractivity contribution in [2.75, 3.05) is 45.2 Å². The van der Waals surface area contributed by atoms with Crippen molar-refractivity contribution < 1.29 is 13.5 Å². The van der Waals surface area contributed by atoms with Crippen LogP contribution in [0.25, 0.3) is 0 Å². The molecular weight excluding hydrogens is 481 g/mol. The third-order valence-corrected chi connectivity index (χ3v) is 4.58. The number of nitrogens with zero attached hydrogens (tertiary/aromatic N) is 5. The van der Waals surface area contributed by atoms with Crippen LogP contribution in [-0.4, -0.2) is 60.7 Å². The number of nitrogens with one attached hydrogen (secondary N) is 1. The highest BCUT2D eigenvalue weighted by Crippen LogP contribution is 2.28. The van der Waals surface area contributed by atoms with Gasteiger partial charge >= 0.3 is 6.55 Å². The van der Waals surface area contributed by atoms with Crippen molar-refractivity contribution in [3.8, 4) is 5.75 Å². The third-order valence-electron chi connectivity index (χ3n) is 4.58. The molecule has 0 saturated carbocycles. The minimum atomic E-state index is -2.60. The summed E-state index contributed by atoms with van der Waals surface area (Å²) in [6, 6.07) is 7.95. The van der Waals surface area contributed by atoms with Crippen LogP contribution < -0.4 is 15.0 Å². The standard InChI is InChI=1S/C18H24F2N6O.HI/c1-21-18(23-13-16-22-7-8-26(16)17(19)20)25-11-9-24(10-12-25)14-5-3-4-6-15(14)27-2;/h3-8,17H,9-13H2,1-2H3,(H,21,23);1H. The van der Waals surface area contributed by atoms with Crippen LogP contribution >= 0.6 is 24.0 Å². The van der Waals surface area contributed by atoms with Crippen LogP contribution in [0.4, 0.5) is 14.5 Å². The van der Waals surface area contributed by atoms with Crippen molar-refractivity contribution in [2.45, 2.75) is 13.1 Å². The van der Waals surface area contributed by atoms with E-state index in [1.165, 1.54) is 12.4 Å². The van der Waals surface area contributed by atoms with Gasteiger partial charge in [-0.2, -0.15) is 8.78 Å². The molecule has 2 heterocycles. The second-order valence-corrected chi connectivity index (χ2v) is 6.08. The summed E-state index contributed by atoms with van der Waals surface area (Å²) in [6.07, 6.45) is 2.65. The number of guanidine groups is 1. The van der Waals surface area contributed by atoms with Crippen LogP contribution in [0.15, 0.2) is 41.7 Å². The van der Waals surface area contributed by atoms with E-state index in [9.17, 15) is 8.78 Å². The second-order valence-electron chi connectivity index (χ2n) is 6.08. The molecule has 1 saturated heterocycles. The predicted molar refractivity (Wildman–Crippen MR) is 116 cm³/mol. The van der Waals surface area contributed by atoms with E-state index in [-0.39, 0.29) is 36.3 Å². The molecule has 2 aromatic rings. The number of benzene rings is 1. The average Bonchev–Trinajstić information content (AvgIpc) is 3.18. The summed E-state index contributed by atoms with van der Waals surface area (Å²) in [5.41, 5.74) is 1.07. The molecule has 1 aromatic heterocycles. The van der Waals surface area contributed by atoms with Gasteiger partial charge < -0.3 is 19.9 Å². The van der Waals surface area contributed by atoms with E-state index in [4.69, 9.17) is 4.74 Å². The van der Waals surface area contributed by atoms with E-state index < -0.39 is 6.55 Å².